The zero-order valence-electron chi connectivity index (χ0n) is 12.6. The van der Waals surface area contributed by atoms with Gasteiger partial charge in [-0.25, -0.2) is 4.98 Å². The second-order valence-electron chi connectivity index (χ2n) is 5.19. The highest BCUT2D eigenvalue weighted by molar-refractivity contribution is 7.13. The summed E-state index contributed by atoms with van der Waals surface area (Å²) in [6.45, 7) is 0.454. The molecular weight excluding hydrogens is 300 g/mol. The quantitative estimate of drug-likeness (QED) is 0.821. The Morgan fingerprint density at radius 3 is 2.77 bits per heavy atom. The molecule has 1 aromatic heterocycles. The summed E-state index contributed by atoms with van der Waals surface area (Å²) in [6, 6.07) is 5.63. The Hall–Kier alpha value is -2.08. The highest BCUT2D eigenvalue weighted by Crippen LogP contribution is 2.35. The second kappa shape index (κ2) is 6.36. The van der Waals surface area contributed by atoms with Crippen LogP contribution < -0.4 is 14.4 Å². The van der Waals surface area contributed by atoms with Gasteiger partial charge in [-0.3, -0.25) is 9.69 Å². The van der Waals surface area contributed by atoms with Crippen LogP contribution in [0.3, 0.4) is 0 Å². The largest absolute Gasteiger partial charge is 0.497 e. The van der Waals surface area contributed by atoms with E-state index in [0.717, 1.165) is 29.3 Å². The smallest absolute Gasteiger partial charge is 0.232 e. The van der Waals surface area contributed by atoms with Crippen molar-refractivity contribution in [1.82, 2.24) is 4.98 Å². The highest BCUT2D eigenvalue weighted by atomic mass is 32.1. The maximum Gasteiger partial charge on any atom is 0.232 e. The van der Waals surface area contributed by atoms with E-state index in [1.807, 2.05) is 23.6 Å². The number of hydrogen-bond donors (Lipinski definition) is 0. The molecule has 1 fully saturated rings. The number of hydrogen-bond acceptors (Lipinski definition) is 5. The minimum atomic E-state index is 0.146. The summed E-state index contributed by atoms with van der Waals surface area (Å²) in [7, 11) is 3.24. The number of carbonyl (C=O) groups excluding carboxylic acids is 1. The van der Waals surface area contributed by atoms with E-state index in [4.69, 9.17) is 9.47 Å². The van der Waals surface area contributed by atoms with Gasteiger partial charge in [-0.2, -0.15) is 0 Å². The van der Waals surface area contributed by atoms with Gasteiger partial charge in [0.05, 0.1) is 20.8 Å². The zero-order valence-corrected chi connectivity index (χ0v) is 13.4. The van der Waals surface area contributed by atoms with Crippen molar-refractivity contribution >= 4 is 22.4 Å². The van der Waals surface area contributed by atoms with E-state index in [0.29, 0.717) is 12.3 Å². The molecular formula is C16H18N2O3S. The standard InChI is InChI=1S/C16H18N2O3S/c1-20-13-6-5-12(14(9-13)21-2)10-18(15(19)11-3-4-11)16-17-7-8-22-16/h5-9,11H,3-4,10H2,1-2H3. The Labute approximate surface area is 133 Å². The van der Waals surface area contributed by atoms with Gasteiger partial charge in [-0.15, -0.1) is 11.3 Å². The summed E-state index contributed by atoms with van der Waals surface area (Å²) in [4.78, 5) is 18.6. The molecule has 0 atom stereocenters. The van der Waals surface area contributed by atoms with Crippen LogP contribution in [0.5, 0.6) is 11.5 Å². The average Bonchev–Trinajstić information content (AvgIpc) is 3.27. The normalized spacial score (nSPS) is 13.7. The fourth-order valence-electron chi connectivity index (χ4n) is 2.29. The molecule has 1 aromatic carbocycles. The van der Waals surface area contributed by atoms with E-state index in [1.54, 1.807) is 25.3 Å². The number of methoxy groups -OCH3 is 2. The monoisotopic (exact) mass is 318 g/mol. The van der Waals surface area contributed by atoms with Crippen molar-refractivity contribution < 1.29 is 14.3 Å². The molecule has 0 saturated heterocycles. The molecule has 6 heteroatoms. The molecule has 1 aliphatic rings. The van der Waals surface area contributed by atoms with E-state index in [9.17, 15) is 4.79 Å². The Morgan fingerprint density at radius 1 is 1.36 bits per heavy atom. The lowest BCUT2D eigenvalue weighted by atomic mass is 10.1. The van der Waals surface area contributed by atoms with Gasteiger partial charge in [0.1, 0.15) is 11.5 Å². The van der Waals surface area contributed by atoms with Crippen LogP contribution in [-0.2, 0) is 11.3 Å². The number of aromatic nitrogens is 1. The summed E-state index contributed by atoms with van der Waals surface area (Å²) >= 11 is 1.47. The van der Waals surface area contributed by atoms with E-state index < -0.39 is 0 Å². The number of thiazole rings is 1. The average molecular weight is 318 g/mol. The van der Waals surface area contributed by atoms with Crippen LogP contribution in [0.4, 0.5) is 5.13 Å². The van der Waals surface area contributed by atoms with Crippen LogP contribution in [0.25, 0.3) is 0 Å². The van der Waals surface area contributed by atoms with E-state index >= 15 is 0 Å². The molecule has 1 heterocycles. The molecule has 0 N–H and O–H groups in total. The maximum absolute atomic E-state index is 12.6. The molecule has 1 amide bonds. The van der Waals surface area contributed by atoms with Crippen LogP contribution in [-0.4, -0.2) is 25.1 Å². The maximum atomic E-state index is 12.6. The van der Waals surface area contributed by atoms with E-state index in [-0.39, 0.29) is 11.8 Å². The number of rotatable bonds is 6. The van der Waals surface area contributed by atoms with Crippen LogP contribution in [0.2, 0.25) is 0 Å². The third-order valence-electron chi connectivity index (χ3n) is 3.67. The summed E-state index contributed by atoms with van der Waals surface area (Å²) in [5, 5.41) is 2.61. The lowest BCUT2D eigenvalue weighted by Crippen LogP contribution is -2.31. The van der Waals surface area contributed by atoms with Crippen LogP contribution in [0.15, 0.2) is 29.8 Å². The third kappa shape index (κ3) is 3.06. The minimum absolute atomic E-state index is 0.146. The topological polar surface area (TPSA) is 51.7 Å². The predicted octanol–water partition coefficient (Wildman–Crippen LogP) is 3.10. The fourth-order valence-corrected chi connectivity index (χ4v) is 2.94. The molecule has 1 saturated carbocycles. The van der Waals surface area contributed by atoms with Crippen molar-refractivity contribution in [2.24, 2.45) is 5.92 Å². The predicted molar refractivity (Wildman–Crippen MR) is 85.6 cm³/mol. The second-order valence-corrected chi connectivity index (χ2v) is 6.06. The van der Waals surface area contributed by atoms with Crippen LogP contribution in [0, 0.1) is 5.92 Å². The molecule has 0 unspecified atom stereocenters. The van der Waals surface area contributed by atoms with E-state index in [2.05, 4.69) is 4.98 Å². The van der Waals surface area contributed by atoms with Crippen molar-refractivity contribution in [3.63, 3.8) is 0 Å². The Morgan fingerprint density at radius 2 is 2.18 bits per heavy atom. The SMILES string of the molecule is COc1ccc(CN(C(=O)C2CC2)c2nccs2)c(OC)c1. The molecule has 2 aromatic rings. The van der Waals surface area contributed by atoms with Gasteiger partial charge in [-0.1, -0.05) is 0 Å². The first-order chi connectivity index (χ1) is 10.7. The van der Waals surface area contributed by atoms with Gasteiger partial charge < -0.3 is 9.47 Å². The number of benzene rings is 1. The van der Waals surface area contributed by atoms with Crippen LogP contribution in [0.1, 0.15) is 18.4 Å². The molecule has 0 radical (unpaired) electrons. The molecule has 1 aliphatic carbocycles. The van der Waals surface area contributed by atoms with Gasteiger partial charge in [0.25, 0.3) is 0 Å². The van der Waals surface area contributed by atoms with Crippen molar-refractivity contribution in [1.29, 1.82) is 0 Å². The minimum Gasteiger partial charge on any atom is -0.497 e. The summed E-state index contributed by atoms with van der Waals surface area (Å²) < 4.78 is 10.6. The lowest BCUT2D eigenvalue weighted by Gasteiger charge is -2.21. The molecule has 22 heavy (non-hydrogen) atoms. The number of amides is 1. The molecule has 0 bridgehead atoms. The Kier molecular flexibility index (Phi) is 4.29. The number of ether oxygens (including phenoxy) is 2. The molecule has 5 nitrogen and oxygen atoms in total. The van der Waals surface area contributed by atoms with Gasteiger partial charge in [0, 0.05) is 29.1 Å². The van der Waals surface area contributed by atoms with Crippen LogP contribution >= 0.6 is 11.3 Å². The lowest BCUT2D eigenvalue weighted by molar-refractivity contribution is -0.119. The summed E-state index contributed by atoms with van der Waals surface area (Å²) in [5.74, 6) is 1.74. The third-order valence-corrected chi connectivity index (χ3v) is 4.46. The zero-order chi connectivity index (χ0) is 15.5. The fraction of sp³-hybridized carbons (Fsp3) is 0.375. The summed E-state index contributed by atoms with van der Waals surface area (Å²) in [5.41, 5.74) is 0.938. The van der Waals surface area contributed by atoms with Gasteiger partial charge in [0.15, 0.2) is 5.13 Å². The number of anilines is 1. The number of nitrogens with zero attached hydrogens (tertiary/aromatic N) is 2. The molecule has 0 aliphatic heterocycles. The first kappa shape index (κ1) is 14.8. The summed E-state index contributed by atoms with van der Waals surface area (Å²) in [6.07, 6.45) is 3.67. The first-order valence-electron chi connectivity index (χ1n) is 7.14. The first-order valence-corrected chi connectivity index (χ1v) is 8.02. The van der Waals surface area contributed by atoms with Crippen molar-refractivity contribution in [3.05, 3.63) is 35.3 Å². The number of carbonyl (C=O) groups is 1. The van der Waals surface area contributed by atoms with Gasteiger partial charge in [-0.05, 0) is 25.0 Å². The van der Waals surface area contributed by atoms with Gasteiger partial charge >= 0.3 is 0 Å². The van der Waals surface area contributed by atoms with Crippen molar-refractivity contribution in [3.8, 4) is 11.5 Å². The molecule has 0 spiro atoms. The van der Waals surface area contributed by atoms with Crippen molar-refractivity contribution in [2.45, 2.75) is 19.4 Å². The Balaban J connectivity index is 1.88. The highest BCUT2D eigenvalue weighted by Gasteiger charge is 2.35. The molecule has 3 rings (SSSR count). The Bertz CT molecular complexity index is 653. The molecule has 116 valence electrons. The van der Waals surface area contributed by atoms with Gasteiger partial charge in [0.2, 0.25) is 5.91 Å². The van der Waals surface area contributed by atoms with E-state index in [1.165, 1.54) is 11.3 Å². The van der Waals surface area contributed by atoms with Crippen molar-refractivity contribution in [2.75, 3.05) is 19.1 Å².